The first-order valence-corrected chi connectivity index (χ1v) is 8.26. The predicted octanol–water partition coefficient (Wildman–Crippen LogP) is 3.45. The number of amides is 1. The number of nitrogens with one attached hydrogen (secondary N) is 1. The van der Waals surface area contributed by atoms with Crippen LogP contribution >= 0.6 is 0 Å². The van der Waals surface area contributed by atoms with Gasteiger partial charge in [-0.1, -0.05) is 30.3 Å². The van der Waals surface area contributed by atoms with Crippen LogP contribution in [0, 0.1) is 0 Å². The Morgan fingerprint density at radius 1 is 1.00 bits per heavy atom. The summed E-state index contributed by atoms with van der Waals surface area (Å²) in [5.41, 5.74) is 5.02. The van der Waals surface area contributed by atoms with Crippen molar-refractivity contribution in [3.8, 4) is 17.2 Å². The van der Waals surface area contributed by atoms with Gasteiger partial charge in [-0.05, 0) is 37.5 Å². The zero-order valence-electron chi connectivity index (χ0n) is 15.5. The molecule has 0 spiro atoms. The van der Waals surface area contributed by atoms with Gasteiger partial charge in [0, 0.05) is 11.3 Å². The number of carbonyl (C=O) groups excluding carboxylic acids is 1. The average molecular weight is 356 g/mol. The monoisotopic (exact) mass is 356 g/mol. The van der Waals surface area contributed by atoms with Crippen LogP contribution in [-0.4, -0.2) is 32.9 Å². The van der Waals surface area contributed by atoms with Crippen LogP contribution in [0.15, 0.2) is 47.6 Å². The summed E-state index contributed by atoms with van der Waals surface area (Å²) in [6, 6.07) is 13.3. The second-order valence-corrected chi connectivity index (χ2v) is 5.69. The van der Waals surface area contributed by atoms with E-state index in [0.29, 0.717) is 22.8 Å². The maximum Gasteiger partial charge on any atom is 0.271 e. The van der Waals surface area contributed by atoms with E-state index < -0.39 is 0 Å². The molecule has 0 atom stereocenters. The number of aryl methyl sites for hydroxylation is 1. The molecule has 1 amide bonds. The fraction of sp³-hybridized carbons (Fsp3) is 0.300. The Kier molecular flexibility index (Phi) is 7.02. The molecule has 0 saturated heterocycles. The first-order chi connectivity index (χ1) is 12.6. The fourth-order valence-electron chi connectivity index (χ4n) is 2.45. The van der Waals surface area contributed by atoms with Crippen LogP contribution in [0.4, 0.5) is 0 Å². The Morgan fingerprint density at radius 2 is 1.62 bits per heavy atom. The van der Waals surface area contributed by atoms with E-state index in [9.17, 15) is 4.79 Å². The number of methoxy groups -OCH3 is 3. The van der Waals surface area contributed by atoms with Gasteiger partial charge in [0.15, 0.2) is 11.5 Å². The smallest absolute Gasteiger partial charge is 0.271 e. The second kappa shape index (κ2) is 9.46. The molecule has 0 aliphatic heterocycles. The SMILES string of the molecule is COc1cc(C(=O)N/N=C(/C)CCc2ccccc2)cc(OC)c1OC. The van der Waals surface area contributed by atoms with Crippen LogP contribution in [0.3, 0.4) is 0 Å². The molecular weight excluding hydrogens is 332 g/mol. The first kappa shape index (κ1) is 19.3. The highest BCUT2D eigenvalue weighted by molar-refractivity contribution is 5.96. The van der Waals surface area contributed by atoms with E-state index in [-0.39, 0.29) is 5.91 Å². The van der Waals surface area contributed by atoms with Crippen molar-refractivity contribution in [2.24, 2.45) is 5.10 Å². The highest BCUT2D eigenvalue weighted by Gasteiger charge is 2.16. The minimum Gasteiger partial charge on any atom is -0.493 e. The Labute approximate surface area is 153 Å². The third-order valence-electron chi connectivity index (χ3n) is 3.89. The molecule has 0 aromatic heterocycles. The highest BCUT2D eigenvalue weighted by atomic mass is 16.5. The normalized spacial score (nSPS) is 11.0. The largest absolute Gasteiger partial charge is 0.493 e. The molecule has 6 heteroatoms. The Balaban J connectivity index is 2.04. The van der Waals surface area contributed by atoms with Gasteiger partial charge in [-0.25, -0.2) is 5.43 Å². The molecule has 138 valence electrons. The number of hydrazone groups is 1. The molecule has 6 nitrogen and oxygen atoms in total. The number of rotatable bonds is 8. The molecule has 0 aliphatic carbocycles. The molecule has 2 rings (SSSR count). The molecular formula is C20H24N2O4. The van der Waals surface area contributed by atoms with Gasteiger partial charge >= 0.3 is 0 Å². The van der Waals surface area contributed by atoms with E-state index in [1.165, 1.54) is 26.9 Å². The molecule has 0 heterocycles. The van der Waals surface area contributed by atoms with Crippen LogP contribution in [0.25, 0.3) is 0 Å². The molecule has 0 unspecified atom stereocenters. The number of carbonyl (C=O) groups is 1. The quantitative estimate of drug-likeness (QED) is 0.581. The summed E-state index contributed by atoms with van der Waals surface area (Å²) >= 11 is 0. The summed E-state index contributed by atoms with van der Waals surface area (Å²) < 4.78 is 15.8. The summed E-state index contributed by atoms with van der Waals surface area (Å²) in [5, 5.41) is 4.17. The number of benzene rings is 2. The van der Waals surface area contributed by atoms with Gasteiger partial charge in [-0.3, -0.25) is 4.79 Å². The van der Waals surface area contributed by atoms with E-state index in [4.69, 9.17) is 14.2 Å². The number of ether oxygens (including phenoxy) is 3. The van der Waals surface area contributed by atoms with Crippen molar-refractivity contribution in [1.29, 1.82) is 0 Å². The number of hydrogen-bond acceptors (Lipinski definition) is 5. The lowest BCUT2D eigenvalue weighted by Crippen LogP contribution is -2.19. The third-order valence-corrected chi connectivity index (χ3v) is 3.89. The van der Waals surface area contributed by atoms with Crippen molar-refractivity contribution in [2.45, 2.75) is 19.8 Å². The summed E-state index contributed by atoms with van der Waals surface area (Å²) in [5.74, 6) is 0.931. The van der Waals surface area contributed by atoms with Gasteiger partial charge in [0.1, 0.15) is 0 Å². The van der Waals surface area contributed by atoms with E-state index in [0.717, 1.165) is 18.6 Å². The van der Waals surface area contributed by atoms with Crippen molar-refractivity contribution >= 4 is 11.6 Å². The fourth-order valence-corrected chi connectivity index (χ4v) is 2.45. The van der Waals surface area contributed by atoms with Crippen LogP contribution in [0.1, 0.15) is 29.3 Å². The lowest BCUT2D eigenvalue weighted by Gasteiger charge is -2.13. The Hall–Kier alpha value is -3.02. The van der Waals surface area contributed by atoms with Crippen molar-refractivity contribution in [1.82, 2.24) is 5.43 Å². The van der Waals surface area contributed by atoms with E-state index in [1.807, 2.05) is 25.1 Å². The van der Waals surface area contributed by atoms with E-state index in [2.05, 4.69) is 22.7 Å². The zero-order chi connectivity index (χ0) is 18.9. The topological polar surface area (TPSA) is 69.2 Å². The van der Waals surface area contributed by atoms with Crippen molar-refractivity contribution in [3.63, 3.8) is 0 Å². The zero-order valence-corrected chi connectivity index (χ0v) is 15.5. The molecule has 26 heavy (non-hydrogen) atoms. The van der Waals surface area contributed by atoms with Crippen molar-refractivity contribution in [3.05, 3.63) is 53.6 Å². The molecule has 0 saturated carbocycles. The van der Waals surface area contributed by atoms with Crippen LogP contribution in [-0.2, 0) is 6.42 Å². The average Bonchev–Trinajstić information content (AvgIpc) is 2.69. The Morgan fingerprint density at radius 3 is 2.15 bits per heavy atom. The van der Waals surface area contributed by atoms with Crippen LogP contribution < -0.4 is 19.6 Å². The predicted molar refractivity (Wildman–Crippen MR) is 101 cm³/mol. The Bertz CT molecular complexity index is 748. The van der Waals surface area contributed by atoms with Gasteiger partial charge < -0.3 is 14.2 Å². The molecule has 0 radical (unpaired) electrons. The second-order valence-electron chi connectivity index (χ2n) is 5.69. The minimum atomic E-state index is -0.344. The summed E-state index contributed by atoms with van der Waals surface area (Å²) in [6.07, 6.45) is 1.63. The lowest BCUT2D eigenvalue weighted by atomic mass is 10.1. The number of nitrogens with zero attached hydrogens (tertiary/aromatic N) is 1. The maximum atomic E-state index is 12.4. The molecule has 0 bridgehead atoms. The van der Waals surface area contributed by atoms with Gasteiger partial charge in [-0.2, -0.15) is 5.10 Å². The van der Waals surface area contributed by atoms with Gasteiger partial charge in [-0.15, -0.1) is 0 Å². The van der Waals surface area contributed by atoms with Crippen LogP contribution in [0.5, 0.6) is 17.2 Å². The van der Waals surface area contributed by atoms with E-state index >= 15 is 0 Å². The minimum absolute atomic E-state index is 0.344. The molecule has 0 fully saturated rings. The van der Waals surface area contributed by atoms with Crippen LogP contribution in [0.2, 0.25) is 0 Å². The first-order valence-electron chi connectivity index (χ1n) is 8.26. The third kappa shape index (κ3) is 4.99. The van der Waals surface area contributed by atoms with Crippen molar-refractivity contribution < 1.29 is 19.0 Å². The van der Waals surface area contributed by atoms with Crippen molar-refractivity contribution in [2.75, 3.05) is 21.3 Å². The summed E-state index contributed by atoms with van der Waals surface area (Å²) in [4.78, 5) is 12.4. The molecule has 2 aromatic carbocycles. The summed E-state index contributed by atoms with van der Waals surface area (Å²) in [6.45, 7) is 1.89. The molecule has 0 aliphatic rings. The van der Waals surface area contributed by atoms with Gasteiger partial charge in [0.2, 0.25) is 5.75 Å². The van der Waals surface area contributed by atoms with Gasteiger partial charge in [0.25, 0.3) is 5.91 Å². The van der Waals surface area contributed by atoms with Gasteiger partial charge in [0.05, 0.1) is 21.3 Å². The van der Waals surface area contributed by atoms with E-state index in [1.54, 1.807) is 12.1 Å². The molecule has 2 aromatic rings. The highest BCUT2D eigenvalue weighted by Crippen LogP contribution is 2.38. The maximum absolute atomic E-state index is 12.4. The summed E-state index contributed by atoms with van der Waals surface area (Å²) in [7, 11) is 4.52. The number of hydrogen-bond donors (Lipinski definition) is 1. The molecule has 1 N–H and O–H groups in total. The lowest BCUT2D eigenvalue weighted by molar-refractivity contribution is 0.0954. The standard InChI is InChI=1S/C20H24N2O4/c1-14(10-11-15-8-6-5-7-9-15)21-22-20(23)16-12-17(24-2)19(26-4)18(13-16)25-3/h5-9,12-13H,10-11H2,1-4H3,(H,22,23)/b21-14-.